The fourth-order valence-electron chi connectivity index (χ4n) is 2.46. The maximum atomic E-state index is 12.7. The average molecular weight is 409 g/mol. The molecule has 2 amide bonds. The first-order chi connectivity index (χ1) is 13.1. The van der Waals surface area contributed by atoms with Gasteiger partial charge in [0.15, 0.2) is 5.12 Å². The van der Waals surface area contributed by atoms with Crippen molar-refractivity contribution in [3.63, 3.8) is 0 Å². The number of rotatable bonds is 9. The average Bonchev–Trinajstić information content (AvgIpc) is 2.59. The number of nitrogens with one attached hydrogen (secondary N) is 1. The highest BCUT2D eigenvalue weighted by Crippen LogP contribution is 2.10. The van der Waals surface area contributed by atoms with E-state index in [4.69, 9.17) is 4.74 Å². The quantitative estimate of drug-likeness (QED) is 0.632. The second kappa shape index (κ2) is 11.7. The molecule has 0 fully saturated rings. The van der Waals surface area contributed by atoms with Crippen molar-refractivity contribution in [2.75, 3.05) is 18.8 Å². The number of hydrogen-bond donors (Lipinski definition) is 1. The lowest BCUT2D eigenvalue weighted by Gasteiger charge is -2.26. The van der Waals surface area contributed by atoms with Crippen LogP contribution in [0.1, 0.15) is 46.6 Å². The molecule has 0 spiro atoms. The molecule has 1 N–H and O–H groups in total. The van der Waals surface area contributed by atoms with Gasteiger partial charge in [0, 0.05) is 25.8 Å². The maximum absolute atomic E-state index is 12.7. The van der Waals surface area contributed by atoms with Crippen molar-refractivity contribution in [2.45, 2.75) is 59.1 Å². The number of hydrogen-bond acceptors (Lipinski definition) is 5. The third kappa shape index (κ3) is 10.3. The minimum atomic E-state index is -0.746. The van der Waals surface area contributed by atoms with Crippen LogP contribution in [0.25, 0.3) is 0 Å². The molecule has 6 nitrogen and oxygen atoms in total. The monoisotopic (exact) mass is 408 g/mol. The van der Waals surface area contributed by atoms with E-state index in [0.717, 1.165) is 12.8 Å². The SMILES string of the molecule is CC(=O)SCCN(CCCc1ccccc1)C(=O)N[C@@H](C)C(=O)OC(C)(C)C. The molecule has 0 bridgehead atoms. The highest BCUT2D eigenvalue weighted by atomic mass is 32.2. The summed E-state index contributed by atoms with van der Waals surface area (Å²) >= 11 is 1.19. The Morgan fingerprint density at radius 3 is 2.36 bits per heavy atom. The van der Waals surface area contributed by atoms with E-state index in [9.17, 15) is 14.4 Å². The molecule has 0 unspecified atom stereocenters. The number of aryl methyl sites for hydroxylation is 1. The summed E-state index contributed by atoms with van der Waals surface area (Å²) in [6, 6.07) is 9.00. The third-order valence-electron chi connectivity index (χ3n) is 3.79. The third-order valence-corrected chi connectivity index (χ3v) is 4.58. The molecule has 0 aliphatic carbocycles. The zero-order chi connectivity index (χ0) is 21.2. The minimum absolute atomic E-state index is 0.0202. The predicted molar refractivity (Wildman–Crippen MR) is 113 cm³/mol. The topological polar surface area (TPSA) is 75.7 Å². The summed E-state index contributed by atoms with van der Waals surface area (Å²) in [6.45, 7) is 9.45. The number of ether oxygens (including phenoxy) is 1. The molecule has 0 heterocycles. The molecule has 28 heavy (non-hydrogen) atoms. The van der Waals surface area contributed by atoms with Crippen LogP contribution in [-0.4, -0.2) is 52.5 Å². The number of carbonyl (C=O) groups is 3. The molecule has 1 aromatic rings. The van der Waals surface area contributed by atoms with Crippen molar-refractivity contribution in [3.8, 4) is 0 Å². The minimum Gasteiger partial charge on any atom is -0.458 e. The van der Waals surface area contributed by atoms with Gasteiger partial charge in [0.1, 0.15) is 11.6 Å². The summed E-state index contributed by atoms with van der Waals surface area (Å²) in [5.74, 6) is 0.0535. The van der Waals surface area contributed by atoms with Crippen LogP contribution < -0.4 is 5.32 Å². The second-order valence-corrected chi connectivity index (χ2v) is 8.89. The van der Waals surface area contributed by atoms with Gasteiger partial charge >= 0.3 is 12.0 Å². The number of esters is 1. The van der Waals surface area contributed by atoms with Crippen molar-refractivity contribution in [3.05, 3.63) is 35.9 Å². The van der Waals surface area contributed by atoms with E-state index in [1.54, 1.807) is 32.6 Å². The fraction of sp³-hybridized carbons (Fsp3) is 0.571. The summed E-state index contributed by atoms with van der Waals surface area (Å²) in [7, 11) is 0. The fourth-order valence-corrected chi connectivity index (χ4v) is 3.06. The van der Waals surface area contributed by atoms with Gasteiger partial charge < -0.3 is 15.0 Å². The normalized spacial score (nSPS) is 12.2. The number of urea groups is 1. The van der Waals surface area contributed by atoms with Crippen molar-refractivity contribution < 1.29 is 19.1 Å². The number of thioether (sulfide) groups is 1. The summed E-state index contributed by atoms with van der Waals surface area (Å²) in [5.41, 5.74) is 0.604. The Hall–Kier alpha value is -2.02. The van der Waals surface area contributed by atoms with Crippen molar-refractivity contribution in [1.82, 2.24) is 10.2 Å². The Labute approximate surface area is 172 Å². The van der Waals surface area contributed by atoms with Gasteiger partial charge in [-0.2, -0.15) is 0 Å². The zero-order valence-corrected chi connectivity index (χ0v) is 18.3. The second-order valence-electron chi connectivity index (χ2n) is 7.62. The van der Waals surface area contributed by atoms with Gasteiger partial charge in [-0.1, -0.05) is 42.1 Å². The van der Waals surface area contributed by atoms with Crippen LogP contribution in [-0.2, 0) is 20.7 Å². The first-order valence-electron chi connectivity index (χ1n) is 9.54. The summed E-state index contributed by atoms with van der Waals surface area (Å²) in [5, 5.41) is 2.73. The molecule has 1 rings (SSSR count). The van der Waals surface area contributed by atoms with Gasteiger partial charge in [-0.3, -0.25) is 4.79 Å². The van der Waals surface area contributed by atoms with Crippen LogP contribution >= 0.6 is 11.8 Å². The number of carbonyl (C=O) groups excluding carboxylic acids is 3. The van der Waals surface area contributed by atoms with Crippen molar-refractivity contribution in [2.24, 2.45) is 0 Å². The van der Waals surface area contributed by atoms with Crippen LogP contribution in [0.4, 0.5) is 4.79 Å². The van der Waals surface area contributed by atoms with E-state index in [1.165, 1.54) is 24.2 Å². The maximum Gasteiger partial charge on any atom is 0.328 e. The van der Waals surface area contributed by atoms with Crippen molar-refractivity contribution in [1.29, 1.82) is 0 Å². The molecule has 0 saturated heterocycles. The van der Waals surface area contributed by atoms with Crippen LogP contribution in [0.2, 0.25) is 0 Å². The molecule has 0 aliphatic heterocycles. The van der Waals surface area contributed by atoms with Gasteiger partial charge in [-0.05, 0) is 46.1 Å². The molecule has 7 heteroatoms. The molecular formula is C21H32N2O4S. The largest absolute Gasteiger partial charge is 0.458 e. The number of benzene rings is 1. The lowest BCUT2D eigenvalue weighted by molar-refractivity contribution is -0.156. The highest BCUT2D eigenvalue weighted by Gasteiger charge is 2.24. The van der Waals surface area contributed by atoms with Gasteiger partial charge in [-0.25, -0.2) is 9.59 Å². The van der Waals surface area contributed by atoms with Crippen LogP contribution in [0.15, 0.2) is 30.3 Å². The molecule has 1 atom stereocenters. The summed E-state index contributed by atoms with van der Waals surface area (Å²) in [4.78, 5) is 37.6. The Morgan fingerprint density at radius 1 is 1.14 bits per heavy atom. The molecule has 0 saturated carbocycles. The van der Waals surface area contributed by atoms with E-state index in [2.05, 4.69) is 17.4 Å². The smallest absolute Gasteiger partial charge is 0.328 e. The summed E-state index contributed by atoms with van der Waals surface area (Å²) in [6.07, 6.45) is 1.65. The van der Waals surface area contributed by atoms with E-state index < -0.39 is 17.6 Å². The summed E-state index contributed by atoms with van der Waals surface area (Å²) < 4.78 is 5.31. The van der Waals surface area contributed by atoms with Crippen LogP contribution in [0, 0.1) is 0 Å². The zero-order valence-electron chi connectivity index (χ0n) is 17.5. The van der Waals surface area contributed by atoms with Gasteiger partial charge in [-0.15, -0.1) is 0 Å². The van der Waals surface area contributed by atoms with E-state index in [1.807, 2.05) is 18.2 Å². The van der Waals surface area contributed by atoms with Crippen LogP contribution in [0.3, 0.4) is 0 Å². The lowest BCUT2D eigenvalue weighted by atomic mass is 10.1. The molecule has 0 radical (unpaired) electrons. The Kier molecular flexibility index (Phi) is 10.1. The molecule has 0 aliphatic rings. The van der Waals surface area contributed by atoms with Gasteiger partial charge in [0.25, 0.3) is 0 Å². The van der Waals surface area contributed by atoms with Gasteiger partial charge in [0.2, 0.25) is 0 Å². The van der Waals surface area contributed by atoms with Gasteiger partial charge in [0.05, 0.1) is 0 Å². The van der Waals surface area contributed by atoms with E-state index in [0.29, 0.717) is 18.8 Å². The number of amides is 2. The molecule has 156 valence electrons. The first-order valence-corrected chi connectivity index (χ1v) is 10.5. The van der Waals surface area contributed by atoms with Crippen LogP contribution in [0.5, 0.6) is 0 Å². The molecule has 0 aromatic heterocycles. The lowest BCUT2D eigenvalue weighted by Crippen LogP contribution is -2.49. The first kappa shape index (κ1) is 24.0. The molecular weight excluding hydrogens is 376 g/mol. The van der Waals surface area contributed by atoms with E-state index >= 15 is 0 Å². The Balaban J connectivity index is 2.61. The predicted octanol–water partition coefficient (Wildman–Crippen LogP) is 3.64. The molecule has 1 aromatic carbocycles. The Morgan fingerprint density at radius 2 is 1.79 bits per heavy atom. The van der Waals surface area contributed by atoms with E-state index in [-0.39, 0.29) is 11.1 Å². The number of nitrogens with zero attached hydrogens (tertiary/aromatic N) is 1. The highest BCUT2D eigenvalue weighted by molar-refractivity contribution is 8.13. The standard InChI is InChI=1S/C21H32N2O4S/c1-16(19(25)27-21(3,4)5)22-20(26)23(14-15-28-17(2)24)13-9-12-18-10-7-6-8-11-18/h6-8,10-11,16H,9,12-15H2,1-5H3,(H,22,26)/t16-/m0/s1. The van der Waals surface area contributed by atoms with Crippen molar-refractivity contribution >= 4 is 28.9 Å². The Bertz CT molecular complexity index is 644.